The van der Waals surface area contributed by atoms with Crippen LogP contribution in [0, 0.1) is 12.7 Å². The molecule has 0 saturated heterocycles. The Morgan fingerprint density at radius 3 is 2.70 bits per heavy atom. The Kier molecular flexibility index (Phi) is 4.34. The van der Waals surface area contributed by atoms with Gasteiger partial charge in [-0.15, -0.1) is 11.3 Å². The van der Waals surface area contributed by atoms with E-state index in [4.69, 9.17) is 5.73 Å². The van der Waals surface area contributed by atoms with Crippen LogP contribution in [0.3, 0.4) is 0 Å². The molecule has 0 aliphatic heterocycles. The van der Waals surface area contributed by atoms with E-state index in [1.54, 1.807) is 23.7 Å². The molecule has 0 aliphatic rings. The van der Waals surface area contributed by atoms with Crippen LogP contribution in [-0.2, 0) is 0 Å². The van der Waals surface area contributed by atoms with Crippen LogP contribution in [0.2, 0.25) is 0 Å². The Labute approximate surface area is 137 Å². The number of hydrogen-bond donors (Lipinski definition) is 2. The van der Waals surface area contributed by atoms with Gasteiger partial charge in [0.2, 0.25) is 5.13 Å². The number of nitrogen functional groups attached to an aromatic ring is 1. The predicted octanol–water partition coefficient (Wildman–Crippen LogP) is 4.29. The first-order chi connectivity index (χ1) is 11.1. The highest BCUT2D eigenvalue weighted by atomic mass is 32.1. The molecule has 4 nitrogen and oxygen atoms in total. The minimum Gasteiger partial charge on any atom is -0.383 e. The first-order valence-corrected chi connectivity index (χ1v) is 7.86. The number of aromatic nitrogens is 1. The number of halogens is 1. The number of hydrogen-bond acceptors (Lipinski definition) is 5. The van der Waals surface area contributed by atoms with Crippen LogP contribution in [-0.4, -0.2) is 11.2 Å². The van der Waals surface area contributed by atoms with E-state index in [1.165, 1.54) is 17.4 Å². The smallest absolute Gasteiger partial charge is 0.205 e. The van der Waals surface area contributed by atoms with Crippen molar-refractivity contribution in [3.05, 3.63) is 64.8 Å². The van der Waals surface area contributed by atoms with Crippen molar-refractivity contribution in [1.82, 2.24) is 4.98 Å². The van der Waals surface area contributed by atoms with Crippen LogP contribution in [0.1, 0.15) is 11.1 Å². The third kappa shape index (κ3) is 3.73. The first-order valence-electron chi connectivity index (χ1n) is 6.98. The number of hydrazone groups is 1. The first kappa shape index (κ1) is 15.2. The molecule has 0 aliphatic carbocycles. The maximum absolute atomic E-state index is 13.4. The number of aryl methyl sites for hydroxylation is 1. The van der Waals surface area contributed by atoms with Crippen LogP contribution in [0.25, 0.3) is 11.1 Å². The van der Waals surface area contributed by atoms with Crippen LogP contribution in [0.15, 0.2) is 52.9 Å². The maximum Gasteiger partial charge on any atom is 0.205 e. The summed E-state index contributed by atoms with van der Waals surface area (Å²) in [6, 6.07) is 12.6. The number of nitrogens with zero attached hydrogens (tertiary/aromatic N) is 2. The fourth-order valence-corrected chi connectivity index (χ4v) is 2.70. The molecule has 3 aromatic rings. The quantitative estimate of drug-likeness (QED) is 0.555. The van der Waals surface area contributed by atoms with Gasteiger partial charge >= 0.3 is 0 Å². The number of benzene rings is 2. The molecule has 0 saturated carbocycles. The summed E-state index contributed by atoms with van der Waals surface area (Å²) >= 11 is 1.39. The molecular weight excluding hydrogens is 311 g/mol. The summed E-state index contributed by atoms with van der Waals surface area (Å²) in [5, 5.41) is 6.50. The molecular formula is C17H15FN4S. The molecule has 0 radical (unpaired) electrons. The van der Waals surface area contributed by atoms with E-state index in [-0.39, 0.29) is 5.82 Å². The van der Waals surface area contributed by atoms with E-state index in [9.17, 15) is 4.39 Å². The number of nitrogens with two attached hydrogens (primary N) is 1. The second-order valence-corrected chi connectivity index (χ2v) is 5.89. The minimum atomic E-state index is -0.233. The second kappa shape index (κ2) is 6.58. The van der Waals surface area contributed by atoms with Gasteiger partial charge < -0.3 is 5.73 Å². The van der Waals surface area contributed by atoms with Crippen molar-refractivity contribution >= 4 is 28.5 Å². The SMILES string of the molecule is Cc1ccc(F)cc1-c1ccc(C=NNc2nc(N)cs2)cc1. The lowest BCUT2D eigenvalue weighted by atomic mass is 9.99. The predicted molar refractivity (Wildman–Crippen MR) is 94.3 cm³/mol. The second-order valence-electron chi connectivity index (χ2n) is 5.03. The number of rotatable bonds is 4. The van der Waals surface area contributed by atoms with Gasteiger partial charge in [0.25, 0.3) is 0 Å². The van der Waals surface area contributed by atoms with Gasteiger partial charge in [0.15, 0.2) is 0 Å². The lowest BCUT2D eigenvalue weighted by Gasteiger charge is -2.06. The zero-order valence-electron chi connectivity index (χ0n) is 12.5. The highest BCUT2D eigenvalue weighted by molar-refractivity contribution is 7.14. The van der Waals surface area contributed by atoms with Crippen LogP contribution < -0.4 is 11.2 Å². The normalized spacial score (nSPS) is 11.0. The molecule has 0 atom stereocenters. The molecule has 116 valence electrons. The van der Waals surface area contributed by atoms with E-state index in [0.717, 1.165) is 22.3 Å². The van der Waals surface area contributed by atoms with E-state index in [2.05, 4.69) is 15.5 Å². The summed E-state index contributed by atoms with van der Waals surface area (Å²) in [4.78, 5) is 4.05. The van der Waals surface area contributed by atoms with Gasteiger partial charge in [-0.25, -0.2) is 9.37 Å². The standard InChI is InChI=1S/C17H15FN4S/c1-11-2-7-14(18)8-15(11)13-5-3-12(4-6-13)9-20-22-17-21-16(19)10-23-17/h2-10H,19H2,1H3,(H,21,22). The molecule has 0 bridgehead atoms. The van der Waals surface area contributed by atoms with E-state index < -0.39 is 0 Å². The topological polar surface area (TPSA) is 63.3 Å². The van der Waals surface area contributed by atoms with Gasteiger partial charge in [-0.1, -0.05) is 30.3 Å². The van der Waals surface area contributed by atoms with E-state index in [0.29, 0.717) is 10.9 Å². The Bertz CT molecular complexity index is 840. The summed E-state index contributed by atoms with van der Waals surface area (Å²) in [5.74, 6) is 0.241. The highest BCUT2D eigenvalue weighted by Gasteiger charge is 2.03. The average Bonchev–Trinajstić information content (AvgIpc) is 2.96. The van der Waals surface area contributed by atoms with Crippen LogP contribution in [0.4, 0.5) is 15.3 Å². The summed E-state index contributed by atoms with van der Waals surface area (Å²) in [7, 11) is 0. The van der Waals surface area contributed by atoms with E-state index >= 15 is 0 Å². The summed E-state index contributed by atoms with van der Waals surface area (Å²) in [6.45, 7) is 1.97. The van der Waals surface area contributed by atoms with Crippen molar-refractivity contribution in [1.29, 1.82) is 0 Å². The fraction of sp³-hybridized carbons (Fsp3) is 0.0588. The highest BCUT2D eigenvalue weighted by Crippen LogP contribution is 2.24. The summed E-state index contributed by atoms with van der Waals surface area (Å²) < 4.78 is 13.4. The molecule has 0 fully saturated rings. The zero-order chi connectivity index (χ0) is 16.2. The minimum absolute atomic E-state index is 0.233. The average molecular weight is 326 g/mol. The lowest BCUT2D eigenvalue weighted by molar-refractivity contribution is 0.628. The summed E-state index contributed by atoms with van der Waals surface area (Å²) in [5.41, 5.74) is 12.2. The van der Waals surface area contributed by atoms with E-state index in [1.807, 2.05) is 31.2 Å². The molecule has 23 heavy (non-hydrogen) atoms. The van der Waals surface area contributed by atoms with Gasteiger partial charge in [0.1, 0.15) is 11.6 Å². The van der Waals surface area contributed by atoms with Gasteiger partial charge in [-0.3, -0.25) is 5.43 Å². The molecule has 0 spiro atoms. The van der Waals surface area contributed by atoms with Gasteiger partial charge in [-0.2, -0.15) is 5.10 Å². The third-order valence-corrected chi connectivity index (χ3v) is 4.08. The molecule has 3 rings (SSSR count). The molecule has 3 N–H and O–H groups in total. The Hall–Kier alpha value is -2.73. The Balaban J connectivity index is 1.73. The van der Waals surface area contributed by atoms with Gasteiger partial charge in [0.05, 0.1) is 6.21 Å². The molecule has 1 aromatic heterocycles. The van der Waals surface area contributed by atoms with Crippen molar-refractivity contribution in [3.8, 4) is 11.1 Å². The summed E-state index contributed by atoms with van der Waals surface area (Å²) in [6.07, 6.45) is 1.69. The number of nitrogens with one attached hydrogen (secondary N) is 1. The van der Waals surface area contributed by atoms with Crippen molar-refractivity contribution in [2.24, 2.45) is 5.10 Å². The van der Waals surface area contributed by atoms with Crippen molar-refractivity contribution in [2.75, 3.05) is 11.2 Å². The fourth-order valence-electron chi connectivity index (χ4n) is 2.15. The molecule has 0 unspecified atom stereocenters. The number of anilines is 2. The lowest BCUT2D eigenvalue weighted by Crippen LogP contribution is -1.91. The molecule has 0 amide bonds. The van der Waals surface area contributed by atoms with Crippen molar-refractivity contribution < 1.29 is 4.39 Å². The number of thiazole rings is 1. The Morgan fingerprint density at radius 1 is 1.22 bits per heavy atom. The Morgan fingerprint density at radius 2 is 2.00 bits per heavy atom. The van der Waals surface area contributed by atoms with Crippen molar-refractivity contribution in [3.63, 3.8) is 0 Å². The third-order valence-electron chi connectivity index (χ3n) is 3.32. The van der Waals surface area contributed by atoms with Crippen LogP contribution in [0.5, 0.6) is 0 Å². The monoisotopic (exact) mass is 326 g/mol. The molecule has 6 heteroatoms. The zero-order valence-corrected chi connectivity index (χ0v) is 13.3. The van der Waals surface area contributed by atoms with Crippen molar-refractivity contribution in [2.45, 2.75) is 6.92 Å². The largest absolute Gasteiger partial charge is 0.383 e. The molecule has 1 heterocycles. The molecule has 2 aromatic carbocycles. The van der Waals surface area contributed by atoms with Gasteiger partial charge in [-0.05, 0) is 41.3 Å². The maximum atomic E-state index is 13.4. The van der Waals surface area contributed by atoms with Crippen LogP contribution >= 0.6 is 11.3 Å². The van der Waals surface area contributed by atoms with Gasteiger partial charge in [0, 0.05) is 5.38 Å².